The van der Waals surface area contributed by atoms with Crippen molar-refractivity contribution >= 4 is 17.8 Å². The minimum atomic E-state index is -0.287. The van der Waals surface area contributed by atoms with Crippen LogP contribution in [0.5, 0.6) is 5.75 Å². The lowest BCUT2D eigenvalue weighted by Crippen LogP contribution is -2.51. The summed E-state index contributed by atoms with van der Waals surface area (Å²) in [6.07, 6.45) is 2.84. The van der Waals surface area contributed by atoms with Gasteiger partial charge in [-0.15, -0.1) is 0 Å². The maximum atomic E-state index is 12.6. The van der Waals surface area contributed by atoms with Crippen LogP contribution in [0, 0.1) is 13.8 Å². The predicted octanol–water partition coefficient (Wildman–Crippen LogP) is 5.58. The Bertz CT molecular complexity index is 1010. The number of nitrogens with zero attached hydrogens (tertiary/aromatic N) is 2. The molecule has 1 amide bonds. The van der Waals surface area contributed by atoms with E-state index in [1.807, 2.05) is 19.1 Å². The minimum absolute atomic E-state index is 0.115. The molecule has 3 rings (SSSR count). The van der Waals surface area contributed by atoms with Gasteiger partial charge in [-0.1, -0.05) is 13.0 Å². The molecule has 1 heterocycles. The van der Waals surface area contributed by atoms with E-state index in [4.69, 9.17) is 4.74 Å². The second kappa shape index (κ2) is 8.74. The zero-order valence-corrected chi connectivity index (χ0v) is 20.0. The Balaban J connectivity index is 1.86. The normalized spacial score (nSPS) is 17.7. The quantitative estimate of drug-likeness (QED) is 0.507. The molecule has 0 spiro atoms. The summed E-state index contributed by atoms with van der Waals surface area (Å²) in [5, 5.41) is 4.24. The highest BCUT2D eigenvalue weighted by Gasteiger charge is 2.37. The van der Waals surface area contributed by atoms with Crippen LogP contribution in [0.25, 0.3) is 0 Å². The summed E-state index contributed by atoms with van der Waals surface area (Å²) < 4.78 is 5.33. The van der Waals surface area contributed by atoms with E-state index in [1.165, 1.54) is 11.3 Å². The first kappa shape index (κ1) is 22.9. The van der Waals surface area contributed by atoms with Crippen LogP contribution in [0.4, 0.5) is 5.69 Å². The van der Waals surface area contributed by atoms with Gasteiger partial charge in [0.1, 0.15) is 5.75 Å². The highest BCUT2D eigenvalue weighted by Crippen LogP contribution is 2.45. The van der Waals surface area contributed by atoms with Crippen LogP contribution in [0.15, 0.2) is 35.4 Å². The van der Waals surface area contributed by atoms with E-state index in [1.54, 1.807) is 19.4 Å². The maximum absolute atomic E-state index is 12.6. The number of hydrogen-bond acceptors (Lipinski definition) is 4. The fourth-order valence-corrected chi connectivity index (χ4v) is 4.94. The average Bonchev–Trinajstić information content (AvgIpc) is 2.67. The molecule has 0 unspecified atom stereocenters. The Morgan fingerprint density at radius 3 is 2.61 bits per heavy atom. The number of methoxy groups -OCH3 is 1. The molecule has 2 aromatic rings. The fourth-order valence-electron chi connectivity index (χ4n) is 4.94. The second-order valence-corrected chi connectivity index (χ2v) is 9.55. The summed E-state index contributed by atoms with van der Waals surface area (Å²) in [4.78, 5) is 15.1. The molecule has 5 heteroatoms. The van der Waals surface area contributed by atoms with Crippen LogP contribution in [-0.2, 0) is 0 Å². The van der Waals surface area contributed by atoms with Crippen LogP contribution in [0.1, 0.15) is 79.6 Å². The standard InChI is InChI=1S/C26H35N3O2/c1-16(2)29-23-12-18(4)20(13-22(23)19(5)14-26(29,6)7)15-27-28-25(30)21-10-9-17(3)11-24(21)31-8/h9-13,15-16,19H,14H2,1-8H3,(H,28,30)/b27-15-/t19-/m1/s1. The Labute approximate surface area is 186 Å². The second-order valence-electron chi connectivity index (χ2n) is 9.55. The first-order chi connectivity index (χ1) is 14.5. The van der Waals surface area contributed by atoms with Crippen molar-refractivity contribution in [2.75, 3.05) is 12.0 Å². The number of anilines is 1. The van der Waals surface area contributed by atoms with Gasteiger partial charge in [-0.2, -0.15) is 5.10 Å². The molecule has 5 nitrogen and oxygen atoms in total. The number of aryl methyl sites for hydroxylation is 2. The van der Waals surface area contributed by atoms with Gasteiger partial charge >= 0.3 is 0 Å². The first-order valence-corrected chi connectivity index (χ1v) is 11.0. The number of carbonyl (C=O) groups is 1. The van der Waals surface area contributed by atoms with Gasteiger partial charge in [0.05, 0.1) is 18.9 Å². The van der Waals surface area contributed by atoms with Crippen molar-refractivity contribution in [3.05, 3.63) is 58.1 Å². The first-order valence-electron chi connectivity index (χ1n) is 11.0. The van der Waals surface area contributed by atoms with Gasteiger partial charge in [0.2, 0.25) is 0 Å². The van der Waals surface area contributed by atoms with Gasteiger partial charge < -0.3 is 9.64 Å². The maximum Gasteiger partial charge on any atom is 0.275 e. The molecule has 0 saturated heterocycles. The predicted molar refractivity (Wildman–Crippen MR) is 129 cm³/mol. The van der Waals surface area contributed by atoms with Gasteiger partial charge in [-0.05, 0) is 100 Å². The van der Waals surface area contributed by atoms with Crippen LogP contribution < -0.4 is 15.1 Å². The molecular weight excluding hydrogens is 386 g/mol. The number of fused-ring (bicyclic) bond motifs is 1. The molecule has 1 N–H and O–H groups in total. The molecule has 0 radical (unpaired) electrons. The van der Waals surface area contributed by atoms with Gasteiger partial charge in [0, 0.05) is 17.3 Å². The Kier molecular flexibility index (Phi) is 6.44. The number of nitrogens with one attached hydrogen (secondary N) is 1. The molecule has 2 aromatic carbocycles. The number of benzene rings is 2. The van der Waals surface area contributed by atoms with Gasteiger partial charge in [-0.25, -0.2) is 5.43 Å². The van der Waals surface area contributed by atoms with Crippen molar-refractivity contribution in [3.8, 4) is 5.75 Å². The molecule has 166 valence electrons. The Morgan fingerprint density at radius 2 is 1.97 bits per heavy atom. The zero-order valence-electron chi connectivity index (χ0n) is 20.0. The van der Waals surface area contributed by atoms with E-state index in [0.717, 1.165) is 23.1 Å². The molecule has 31 heavy (non-hydrogen) atoms. The van der Waals surface area contributed by atoms with Crippen LogP contribution in [0.2, 0.25) is 0 Å². The number of ether oxygens (including phenoxy) is 1. The summed E-state index contributed by atoms with van der Waals surface area (Å²) in [6.45, 7) is 15.5. The number of hydrazone groups is 1. The Morgan fingerprint density at radius 1 is 1.26 bits per heavy atom. The van der Waals surface area contributed by atoms with Crippen molar-refractivity contribution in [1.29, 1.82) is 0 Å². The number of rotatable bonds is 5. The lowest BCUT2D eigenvalue weighted by molar-refractivity contribution is 0.0952. The molecule has 0 bridgehead atoms. The SMILES string of the molecule is COc1cc(C)ccc1C(=O)N/N=C\c1cc2c(cc1C)N(C(C)C)C(C)(C)C[C@H]2C. The molecule has 1 atom stereocenters. The van der Waals surface area contributed by atoms with Crippen LogP contribution in [-0.4, -0.2) is 30.8 Å². The summed E-state index contributed by atoms with van der Waals surface area (Å²) in [7, 11) is 1.56. The largest absolute Gasteiger partial charge is 0.496 e. The number of amides is 1. The summed E-state index contributed by atoms with van der Waals surface area (Å²) in [5.41, 5.74) is 9.06. The zero-order chi connectivity index (χ0) is 22.9. The molecule has 1 aliphatic rings. The molecular formula is C26H35N3O2. The Hall–Kier alpha value is -2.82. The molecule has 1 aliphatic heterocycles. The lowest BCUT2D eigenvalue weighted by Gasteiger charge is -2.50. The summed E-state index contributed by atoms with van der Waals surface area (Å²) in [5.74, 6) is 0.715. The average molecular weight is 422 g/mol. The van der Waals surface area contributed by atoms with Crippen LogP contribution >= 0.6 is 0 Å². The van der Waals surface area contributed by atoms with E-state index in [-0.39, 0.29) is 11.4 Å². The molecule has 0 fully saturated rings. The van der Waals surface area contributed by atoms with Gasteiger partial charge in [0.25, 0.3) is 5.91 Å². The van der Waals surface area contributed by atoms with E-state index in [0.29, 0.717) is 23.3 Å². The fraction of sp³-hybridized carbons (Fsp3) is 0.462. The van der Waals surface area contributed by atoms with Crippen molar-refractivity contribution in [1.82, 2.24) is 5.43 Å². The van der Waals surface area contributed by atoms with Crippen molar-refractivity contribution < 1.29 is 9.53 Å². The monoisotopic (exact) mass is 421 g/mol. The van der Waals surface area contributed by atoms with E-state index >= 15 is 0 Å². The summed E-state index contributed by atoms with van der Waals surface area (Å²) >= 11 is 0. The van der Waals surface area contributed by atoms with E-state index in [2.05, 4.69) is 69.1 Å². The third kappa shape index (κ3) is 4.60. The van der Waals surface area contributed by atoms with Gasteiger partial charge in [-0.3, -0.25) is 4.79 Å². The lowest BCUT2D eigenvalue weighted by atomic mass is 9.78. The highest BCUT2D eigenvalue weighted by molar-refractivity contribution is 5.97. The minimum Gasteiger partial charge on any atom is -0.496 e. The topological polar surface area (TPSA) is 53.9 Å². The van der Waals surface area contributed by atoms with Crippen LogP contribution in [0.3, 0.4) is 0 Å². The van der Waals surface area contributed by atoms with Gasteiger partial charge in [0.15, 0.2) is 0 Å². The van der Waals surface area contributed by atoms with Crippen molar-refractivity contribution in [3.63, 3.8) is 0 Å². The molecule has 0 aromatic heterocycles. The van der Waals surface area contributed by atoms with Crippen molar-refractivity contribution in [2.24, 2.45) is 5.10 Å². The number of carbonyl (C=O) groups excluding carboxylic acids is 1. The third-order valence-electron chi connectivity index (χ3n) is 6.15. The number of hydrogen-bond donors (Lipinski definition) is 1. The van der Waals surface area contributed by atoms with Crippen molar-refractivity contribution in [2.45, 2.75) is 72.4 Å². The van der Waals surface area contributed by atoms with E-state index in [9.17, 15) is 4.79 Å². The molecule has 0 saturated carbocycles. The molecule has 0 aliphatic carbocycles. The smallest absolute Gasteiger partial charge is 0.275 e. The third-order valence-corrected chi connectivity index (χ3v) is 6.15. The highest BCUT2D eigenvalue weighted by atomic mass is 16.5. The summed E-state index contributed by atoms with van der Waals surface area (Å²) in [6, 6.07) is 10.4. The van der Waals surface area contributed by atoms with E-state index < -0.39 is 0 Å².